The standard InChI is InChI=1S/C22H28N4O4S/c1-14-6-7-16(30-14)22(29)26-12-10-25(11-13-26)9-8-18(27)24-21-19(20(23)28)15-4-2-3-5-17(15)31-21/h6-7H,2-5,8-13H2,1H3,(H2,23,28)(H,24,27). The Bertz CT molecular complexity index is 988. The molecule has 1 aliphatic heterocycles. The Labute approximate surface area is 185 Å². The van der Waals surface area contributed by atoms with E-state index in [0.717, 1.165) is 37.0 Å². The summed E-state index contributed by atoms with van der Waals surface area (Å²) in [7, 11) is 0. The Morgan fingerprint density at radius 1 is 1.13 bits per heavy atom. The fourth-order valence-electron chi connectivity index (χ4n) is 4.24. The van der Waals surface area contributed by atoms with Gasteiger partial charge in [0.1, 0.15) is 10.8 Å². The van der Waals surface area contributed by atoms with Crippen LogP contribution in [0.1, 0.15) is 56.4 Å². The van der Waals surface area contributed by atoms with E-state index in [1.54, 1.807) is 17.0 Å². The molecule has 2 aromatic rings. The van der Waals surface area contributed by atoms with Gasteiger partial charge in [-0.15, -0.1) is 11.3 Å². The molecule has 1 saturated heterocycles. The monoisotopic (exact) mass is 444 g/mol. The van der Waals surface area contributed by atoms with Crippen molar-refractivity contribution in [2.75, 3.05) is 38.0 Å². The first kappa shape index (κ1) is 21.6. The molecule has 2 aromatic heterocycles. The van der Waals surface area contributed by atoms with Crippen molar-refractivity contribution < 1.29 is 18.8 Å². The zero-order chi connectivity index (χ0) is 22.0. The van der Waals surface area contributed by atoms with Crippen molar-refractivity contribution >= 4 is 34.1 Å². The molecule has 0 aromatic carbocycles. The number of carbonyl (C=O) groups is 3. The van der Waals surface area contributed by atoms with Crippen LogP contribution in [0.3, 0.4) is 0 Å². The number of aryl methyl sites for hydroxylation is 2. The van der Waals surface area contributed by atoms with Gasteiger partial charge in [0.25, 0.3) is 11.8 Å². The molecule has 0 unspecified atom stereocenters. The van der Waals surface area contributed by atoms with Gasteiger partial charge in [-0.3, -0.25) is 19.3 Å². The Kier molecular flexibility index (Phi) is 6.43. The van der Waals surface area contributed by atoms with Crippen LogP contribution in [0.5, 0.6) is 0 Å². The molecule has 0 spiro atoms. The summed E-state index contributed by atoms with van der Waals surface area (Å²) in [4.78, 5) is 42.1. The van der Waals surface area contributed by atoms with Crippen LogP contribution in [0.15, 0.2) is 16.5 Å². The molecule has 2 aliphatic rings. The van der Waals surface area contributed by atoms with E-state index in [4.69, 9.17) is 10.2 Å². The number of piperazine rings is 1. The fourth-order valence-corrected chi connectivity index (χ4v) is 5.55. The van der Waals surface area contributed by atoms with Crippen molar-refractivity contribution in [2.45, 2.75) is 39.0 Å². The molecule has 3 heterocycles. The first-order valence-corrected chi connectivity index (χ1v) is 11.6. The molecular formula is C22H28N4O4S. The summed E-state index contributed by atoms with van der Waals surface area (Å²) in [6.07, 6.45) is 4.27. The van der Waals surface area contributed by atoms with Crippen LogP contribution in [0.2, 0.25) is 0 Å². The van der Waals surface area contributed by atoms with Gasteiger partial charge in [0.2, 0.25) is 5.91 Å². The largest absolute Gasteiger partial charge is 0.456 e. The second-order valence-electron chi connectivity index (χ2n) is 8.12. The van der Waals surface area contributed by atoms with Gasteiger partial charge in [0.15, 0.2) is 5.76 Å². The highest BCUT2D eigenvalue weighted by molar-refractivity contribution is 7.17. The summed E-state index contributed by atoms with van der Waals surface area (Å²) >= 11 is 1.48. The molecule has 3 N–H and O–H groups in total. The highest BCUT2D eigenvalue weighted by Gasteiger charge is 2.26. The molecule has 9 heteroatoms. The number of hydrogen-bond acceptors (Lipinski definition) is 6. The van der Waals surface area contributed by atoms with Crippen LogP contribution < -0.4 is 11.1 Å². The van der Waals surface area contributed by atoms with Crippen molar-refractivity contribution in [3.05, 3.63) is 39.7 Å². The maximum Gasteiger partial charge on any atom is 0.289 e. The van der Waals surface area contributed by atoms with E-state index in [0.29, 0.717) is 55.5 Å². The van der Waals surface area contributed by atoms with Gasteiger partial charge in [-0.1, -0.05) is 0 Å². The van der Waals surface area contributed by atoms with E-state index in [1.165, 1.54) is 16.2 Å². The second-order valence-corrected chi connectivity index (χ2v) is 9.23. The predicted octanol–water partition coefficient (Wildman–Crippen LogP) is 2.41. The zero-order valence-corrected chi connectivity index (χ0v) is 18.6. The third-order valence-electron chi connectivity index (χ3n) is 5.94. The highest BCUT2D eigenvalue weighted by atomic mass is 32.1. The molecule has 0 atom stereocenters. The Balaban J connectivity index is 1.27. The lowest BCUT2D eigenvalue weighted by molar-refractivity contribution is -0.116. The molecule has 0 saturated carbocycles. The van der Waals surface area contributed by atoms with E-state index in [1.807, 2.05) is 6.92 Å². The van der Waals surface area contributed by atoms with Crippen LogP contribution >= 0.6 is 11.3 Å². The quantitative estimate of drug-likeness (QED) is 0.711. The minimum Gasteiger partial charge on any atom is -0.456 e. The summed E-state index contributed by atoms with van der Waals surface area (Å²) < 4.78 is 5.43. The number of fused-ring (bicyclic) bond motifs is 1. The number of carbonyl (C=O) groups excluding carboxylic acids is 3. The van der Waals surface area contributed by atoms with Gasteiger partial charge in [0, 0.05) is 44.0 Å². The van der Waals surface area contributed by atoms with E-state index in [-0.39, 0.29) is 11.8 Å². The van der Waals surface area contributed by atoms with Gasteiger partial charge in [-0.2, -0.15) is 0 Å². The van der Waals surface area contributed by atoms with Gasteiger partial charge in [-0.25, -0.2) is 0 Å². The minimum atomic E-state index is -0.470. The number of rotatable bonds is 6. The molecule has 3 amide bonds. The summed E-state index contributed by atoms with van der Waals surface area (Å²) in [6, 6.07) is 3.49. The van der Waals surface area contributed by atoms with Gasteiger partial charge in [-0.05, 0) is 50.3 Å². The number of nitrogens with two attached hydrogens (primary N) is 1. The smallest absolute Gasteiger partial charge is 0.289 e. The average molecular weight is 445 g/mol. The summed E-state index contributed by atoms with van der Waals surface area (Å²) in [6.45, 7) is 5.03. The van der Waals surface area contributed by atoms with E-state index in [9.17, 15) is 14.4 Å². The Morgan fingerprint density at radius 2 is 1.87 bits per heavy atom. The molecule has 8 nitrogen and oxygen atoms in total. The molecule has 0 radical (unpaired) electrons. The first-order chi connectivity index (χ1) is 14.9. The number of furan rings is 1. The summed E-state index contributed by atoms with van der Waals surface area (Å²) in [5, 5.41) is 3.51. The molecule has 1 aliphatic carbocycles. The molecule has 1 fully saturated rings. The van der Waals surface area contributed by atoms with Gasteiger partial charge >= 0.3 is 0 Å². The van der Waals surface area contributed by atoms with Gasteiger partial charge in [0.05, 0.1) is 5.56 Å². The average Bonchev–Trinajstić information content (AvgIpc) is 3.35. The maximum atomic E-state index is 12.5. The number of primary amides is 1. The van der Waals surface area contributed by atoms with Crippen molar-refractivity contribution in [1.82, 2.24) is 9.80 Å². The van der Waals surface area contributed by atoms with E-state index >= 15 is 0 Å². The van der Waals surface area contributed by atoms with E-state index in [2.05, 4.69) is 10.2 Å². The van der Waals surface area contributed by atoms with Crippen LogP contribution in [-0.2, 0) is 17.6 Å². The number of hydrogen-bond donors (Lipinski definition) is 2. The minimum absolute atomic E-state index is 0.0915. The first-order valence-electron chi connectivity index (χ1n) is 10.7. The van der Waals surface area contributed by atoms with Crippen molar-refractivity contribution in [2.24, 2.45) is 5.73 Å². The zero-order valence-electron chi connectivity index (χ0n) is 17.7. The predicted molar refractivity (Wildman–Crippen MR) is 119 cm³/mol. The van der Waals surface area contributed by atoms with Gasteiger partial charge < -0.3 is 20.4 Å². The highest BCUT2D eigenvalue weighted by Crippen LogP contribution is 2.37. The SMILES string of the molecule is Cc1ccc(C(=O)N2CCN(CCC(=O)Nc3sc4c(c3C(N)=O)CCCC4)CC2)o1. The lowest BCUT2D eigenvalue weighted by Crippen LogP contribution is -2.49. The summed E-state index contributed by atoms with van der Waals surface area (Å²) in [5.41, 5.74) is 7.11. The molecule has 31 heavy (non-hydrogen) atoms. The Hall–Kier alpha value is -2.65. The van der Waals surface area contributed by atoms with Crippen LogP contribution in [-0.4, -0.2) is 60.2 Å². The lowest BCUT2D eigenvalue weighted by atomic mass is 9.95. The normalized spacial score (nSPS) is 16.7. The summed E-state index contributed by atoms with van der Waals surface area (Å²) in [5.74, 6) is 0.410. The Morgan fingerprint density at radius 3 is 2.55 bits per heavy atom. The van der Waals surface area contributed by atoms with Crippen molar-refractivity contribution in [3.63, 3.8) is 0 Å². The lowest BCUT2D eigenvalue weighted by Gasteiger charge is -2.34. The molecule has 4 rings (SSSR count). The third-order valence-corrected chi connectivity index (χ3v) is 7.14. The topological polar surface area (TPSA) is 109 Å². The number of thiophene rings is 1. The third kappa shape index (κ3) is 4.83. The number of anilines is 1. The second kappa shape index (κ2) is 9.23. The number of amides is 3. The number of nitrogens with one attached hydrogen (secondary N) is 1. The van der Waals surface area contributed by atoms with Crippen molar-refractivity contribution in [3.8, 4) is 0 Å². The van der Waals surface area contributed by atoms with Crippen LogP contribution in [0, 0.1) is 6.92 Å². The maximum absolute atomic E-state index is 12.5. The fraction of sp³-hybridized carbons (Fsp3) is 0.500. The number of nitrogens with zero attached hydrogens (tertiary/aromatic N) is 2. The van der Waals surface area contributed by atoms with E-state index < -0.39 is 5.91 Å². The van der Waals surface area contributed by atoms with Crippen LogP contribution in [0.25, 0.3) is 0 Å². The molecular weight excluding hydrogens is 416 g/mol. The molecule has 0 bridgehead atoms. The van der Waals surface area contributed by atoms with Crippen LogP contribution in [0.4, 0.5) is 5.00 Å². The molecule has 166 valence electrons. The van der Waals surface area contributed by atoms with Crippen molar-refractivity contribution in [1.29, 1.82) is 0 Å².